The molecule has 26 heavy (non-hydrogen) atoms. The number of rotatable bonds is 13. The van der Waals surface area contributed by atoms with Crippen molar-refractivity contribution in [1.29, 1.82) is 0 Å². The Labute approximate surface area is 159 Å². The van der Waals surface area contributed by atoms with Crippen molar-refractivity contribution in [3.05, 3.63) is 35.9 Å². The third-order valence-electron chi connectivity index (χ3n) is 4.32. The zero-order valence-corrected chi connectivity index (χ0v) is 15.9. The molecule has 0 aliphatic carbocycles. The summed E-state index contributed by atoms with van der Waals surface area (Å²) >= 11 is 0. The zero-order chi connectivity index (χ0) is 18.7. The van der Waals surface area contributed by atoms with Crippen LogP contribution >= 0.6 is 0 Å². The molecule has 2 heteroatoms. The molecular formula is C24H32O2. The molecule has 1 aromatic carbocycles. The Balaban J connectivity index is 1.83. The lowest BCUT2D eigenvalue weighted by atomic mass is 10.0. The van der Waals surface area contributed by atoms with Gasteiger partial charge in [-0.2, -0.15) is 0 Å². The van der Waals surface area contributed by atoms with E-state index in [2.05, 4.69) is 23.7 Å². The number of carboxylic acids is 1. The van der Waals surface area contributed by atoms with Gasteiger partial charge < -0.3 is 5.11 Å². The lowest BCUT2D eigenvalue weighted by Gasteiger charge is -2.02. The first-order valence-electron chi connectivity index (χ1n) is 10.0. The van der Waals surface area contributed by atoms with Gasteiger partial charge in [0.25, 0.3) is 0 Å². The molecule has 0 fully saturated rings. The van der Waals surface area contributed by atoms with Gasteiger partial charge in [0.05, 0.1) is 0 Å². The second kappa shape index (κ2) is 16.3. The van der Waals surface area contributed by atoms with Crippen LogP contribution in [0.5, 0.6) is 0 Å². The van der Waals surface area contributed by atoms with Crippen LogP contribution in [0.2, 0.25) is 0 Å². The second-order valence-electron chi connectivity index (χ2n) is 6.70. The Morgan fingerprint density at radius 2 is 1.27 bits per heavy atom. The van der Waals surface area contributed by atoms with Crippen LogP contribution in [-0.4, -0.2) is 11.1 Å². The van der Waals surface area contributed by atoms with Crippen molar-refractivity contribution in [3.8, 4) is 23.7 Å². The van der Waals surface area contributed by atoms with Gasteiger partial charge >= 0.3 is 5.97 Å². The molecule has 0 saturated carbocycles. The van der Waals surface area contributed by atoms with Gasteiger partial charge in [0, 0.05) is 18.4 Å². The van der Waals surface area contributed by atoms with E-state index in [1.54, 1.807) is 0 Å². The number of carbonyl (C=O) groups is 1. The third-order valence-corrected chi connectivity index (χ3v) is 4.32. The van der Waals surface area contributed by atoms with Crippen LogP contribution in [0.1, 0.15) is 89.0 Å². The molecule has 1 aromatic rings. The molecule has 140 valence electrons. The molecule has 0 atom stereocenters. The summed E-state index contributed by atoms with van der Waals surface area (Å²) in [6.07, 6.45) is 14.6. The molecule has 0 radical (unpaired) electrons. The van der Waals surface area contributed by atoms with Gasteiger partial charge in [-0.1, -0.05) is 87.8 Å². The largest absolute Gasteiger partial charge is 0.481 e. The molecule has 2 nitrogen and oxygen atoms in total. The topological polar surface area (TPSA) is 37.3 Å². The molecule has 0 heterocycles. The van der Waals surface area contributed by atoms with Gasteiger partial charge in [0.1, 0.15) is 0 Å². The molecular weight excluding hydrogens is 320 g/mol. The lowest BCUT2D eigenvalue weighted by molar-refractivity contribution is -0.137. The molecule has 0 saturated heterocycles. The smallest absolute Gasteiger partial charge is 0.303 e. The van der Waals surface area contributed by atoms with Gasteiger partial charge in [-0.05, 0) is 36.8 Å². The van der Waals surface area contributed by atoms with Crippen molar-refractivity contribution in [2.45, 2.75) is 83.5 Å². The SMILES string of the molecule is O=C(O)CCCCCCCCCCCCCC#CC#Cc1ccccc1. The van der Waals surface area contributed by atoms with E-state index in [0.717, 1.165) is 24.8 Å². The molecule has 1 N–H and O–H groups in total. The first kappa shape index (κ1) is 21.9. The Hall–Kier alpha value is -2.19. The van der Waals surface area contributed by atoms with Gasteiger partial charge in [-0.25, -0.2) is 0 Å². The summed E-state index contributed by atoms with van der Waals surface area (Å²) in [5.41, 5.74) is 1.02. The minimum atomic E-state index is -0.670. The van der Waals surface area contributed by atoms with Crippen LogP contribution in [0, 0.1) is 23.7 Å². The van der Waals surface area contributed by atoms with E-state index < -0.39 is 5.97 Å². The quantitative estimate of drug-likeness (QED) is 0.339. The highest BCUT2D eigenvalue weighted by Gasteiger charge is 1.96. The summed E-state index contributed by atoms with van der Waals surface area (Å²) in [5, 5.41) is 8.56. The molecule has 0 spiro atoms. The van der Waals surface area contributed by atoms with E-state index in [-0.39, 0.29) is 0 Å². The first-order valence-corrected chi connectivity index (χ1v) is 10.0. The van der Waals surface area contributed by atoms with E-state index in [1.165, 1.54) is 57.8 Å². The molecule has 0 unspecified atom stereocenters. The van der Waals surface area contributed by atoms with Crippen molar-refractivity contribution in [2.75, 3.05) is 0 Å². The fourth-order valence-corrected chi connectivity index (χ4v) is 2.81. The van der Waals surface area contributed by atoms with Crippen molar-refractivity contribution >= 4 is 5.97 Å². The van der Waals surface area contributed by atoms with Crippen molar-refractivity contribution in [1.82, 2.24) is 0 Å². The number of aliphatic carboxylic acids is 1. The minimum Gasteiger partial charge on any atom is -0.481 e. The molecule has 0 aliphatic heterocycles. The Kier molecular flexibility index (Phi) is 13.7. The Bertz CT molecular complexity index is 596. The number of hydrogen-bond donors (Lipinski definition) is 1. The zero-order valence-electron chi connectivity index (χ0n) is 15.9. The summed E-state index contributed by atoms with van der Waals surface area (Å²) in [7, 11) is 0. The van der Waals surface area contributed by atoms with Crippen molar-refractivity contribution in [3.63, 3.8) is 0 Å². The lowest BCUT2D eigenvalue weighted by Crippen LogP contribution is -1.93. The van der Waals surface area contributed by atoms with E-state index in [0.29, 0.717) is 6.42 Å². The van der Waals surface area contributed by atoms with Crippen molar-refractivity contribution in [2.24, 2.45) is 0 Å². The summed E-state index contributed by atoms with van der Waals surface area (Å²) in [6.45, 7) is 0. The highest BCUT2D eigenvalue weighted by Crippen LogP contribution is 2.12. The van der Waals surface area contributed by atoms with Crippen LogP contribution in [0.4, 0.5) is 0 Å². The predicted octanol–water partition coefficient (Wildman–Crippen LogP) is 6.20. The summed E-state index contributed by atoms with van der Waals surface area (Å²) in [6, 6.07) is 9.95. The summed E-state index contributed by atoms with van der Waals surface area (Å²) in [5.74, 6) is 11.4. The van der Waals surface area contributed by atoms with Crippen LogP contribution in [0.25, 0.3) is 0 Å². The Morgan fingerprint density at radius 1 is 0.731 bits per heavy atom. The maximum atomic E-state index is 10.4. The van der Waals surface area contributed by atoms with Gasteiger partial charge in [0.2, 0.25) is 0 Å². The van der Waals surface area contributed by atoms with Crippen LogP contribution in [0.3, 0.4) is 0 Å². The minimum absolute atomic E-state index is 0.323. The van der Waals surface area contributed by atoms with Gasteiger partial charge in [0.15, 0.2) is 0 Å². The fraction of sp³-hybridized carbons (Fsp3) is 0.542. The number of carboxylic acid groups (broad SMARTS) is 1. The molecule has 1 rings (SSSR count). The van der Waals surface area contributed by atoms with Crippen LogP contribution in [0.15, 0.2) is 30.3 Å². The highest BCUT2D eigenvalue weighted by atomic mass is 16.4. The van der Waals surface area contributed by atoms with Gasteiger partial charge in [-0.15, -0.1) is 0 Å². The first-order chi connectivity index (χ1) is 12.8. The standard InChI is InChI=1S/C24H32O2/c25-24(26)22-18-13-11-9-7-5-3-1-2-4-6-8-10-12-15-19-23-20-16-14-17-21-23/h14,16-17,20-21H,1-9,11,13,18,22H2,(H,25,26). The number of hydrogen-bond acceptors (Lipinski definition) is 1. The van der Waals surface area contributed by atoms with Crippen molar-refractivity contribution < 1.29 is 9.90 Å². The molecule has 0 aliphatic rings. The summed E-state index contributed by atoms with van der Waals surface area (Å²) in [4.78, 5) is 10.4. The fourth-order valence-electron chi connectivity index (χ4n) is 2.81. The predicted molar refractivity (Wildman–Crippen MR) is 109 cm³/mol. The third kappa shape index (κ3) is 14.2. The molecule has 0 bridgehead atoms. The number of unbranched alkanes of at least 4 members (excludes halogenated alkanes) is 11. The average molecular weight is 353 g/mol. The Morgan fingerprint density at radius 3 is 1.85 bits per heavy atom. The maximum absolute atomic E-state index is 10.4. The maximum Gasteiger partial charge on any atom is 0.303 e. The second-order valence-corrected chi connectivity index (χ2v) is 6.70. The monoisotopic (exact) mass is 352 g/mol. The molecule has 0 amide bonds. The average Bonchev–Trinajstić information content (AvgIpc) is 2.65. The van der Waals surface area contributed by atoms with E-state index in [1.807, 2.05) is 30.3 Å². The van der Waals surface area contributed by atoms with Crippen LogP contribution in [-0.2, 0) is 4.79 Å². The summed E-state index contributed by atoms with van der Waals surface area (Å²) < 4.78 is 0. The van der Waals surface area contributed by atoms with E-state index in [9.17, 15) is 4.79 Å². The normalized spacial score (nSPS) is 9.69. The van der Waals surface area contributed by atoms with E-state index >= 15 is 0 Å². The highest BCUT2D eigenvalue weighted by molar-refractivity contribution is 5.66. The van der Waals surface area contributed by atoms with Gasteiger partial charge in [-0.3, -0.25) is 4.79 Å². The van der Waals surface area contributed by atoms with E-state index in [4.69, 9.17) is 5.11 Å². The van der Waals surface area contributed by atoms with Crippen LogP contribution < -0.4 is 0 Å². The molecule has 0 aromatic heterocycles. The number of benzene rings is 1.